The Balaban J connectivity index is 1.58. The Hall–Kier alpha value is -2.51. The number of methoxy groups -OCH3 is 1. The molecule has 148 valence electrons. The molecule has 1 saturated heterocycles. The predicted molar refractivity (Wildman–Crippen MR) is 107 cm³/mol. The number of aliphatic imine (C=N–C) groups is 1. The summed E-state index contributed by atoms with van der Waals surface area (Å²) in [5, 5.41) is 0. The lowest BCUT2D eigenvalue weighted by Gasteiger charge is -2.32. The van der Waals surface area contributed by atoms with E-state index in [1.54, 1.807) is 13.4 Å². The van der Waals surface area contributed by atoms with E-state index in [2.05, 4.69) is 27.9 Å². The van der Waals surface area contributed by atoms with Crippen LogP contribution in [-0.2, 0) is 16.0 Å². The highest BCUT2D eigenvalue weighted by Gasteiger charge is 2.23. The summed E-state index contributed by atoms with van der Waals surface area (Å²) in [5.41, 5.74) is 3.99. The number of hydrogen-bond acceptors (Lipinski definition) is 7. The van der Waals surface area contributed by atoms with Crippen molar-refractivity contribution in [3.63, 3.8) is 0 Å². The molecule has 1 fully saturated rings. The fourth-order valence-electron chi connectivity index (χ4n) is 3.63. The summed E-state index contributed by atoms with van der Waals surface area (Å²) < 4.78 is 16.8. The first-order valence-electron chi connectivity index (χ1n) is 9.66. The topological polar surface area (TPSA) is 69.1 Å². The van der Waals surface area contributed by atoms with Crippen molar-refractivity contribution in [1.29, 1.82) is 0 Å². The van der Waals surface area contributed by atoms with Gasteiger partial charge >= 0.3 is 0 Å². The van der Waals surface area contributed by atoms with Crippen LogP contribution in [0.4, 0.5) is 5.82 Å². The van der Waals surface area contributed by atoms with Gasteiger partial charge in [0.15, 0.2) is 0 Å². The number of ether oxygens (including phenoxy) is 3. The first kappa shape index (κ1) is 18.8. The zero-order valence-electron chi connectivity index (χ0n) is 16.6. The molecule has 1 aromatic heterocycles. The molecule has 0 radical (unpaired) electrons. The highest BCUT2D eigenvalue weighted by molar-refractivity contribution is 6.14. The second-order valence-electron chi connectivity index (χ2n) is 7.26. The number of aromatic nitrogens is 2. The molecular weight excluding hydrogens is 356 g/mol. The lowest BCUT2D eigenvalue weighted by Crippen LogP contribution is -2.41. The summed E-state index contributed by atoms with van der Waals surface area (Å²) >= 11 is 0. The Morgan fingerprint density at radius 1 is 1.29 bits per heavy atom. The van der Waals surface area contributed by atoms with Crippen molar-refractivity contribution in [3.05, 3.63) is 47.4 Å². The smallest absolute Gasteiger partial charge is 0.132 e. The van der Waals surface area contributed by atoms with E-state index in [9.17, 15) is 0 Å². The quantitative estimate of drug-likeness (QED) is 0.765. The van der Waals surface area contributed by atoms with Gasteiger partial charge in [-0.2, -0.15) is 0 Å². The second kappa shape index (κ2) is 8.24. The van der Waals surface area contributed by atoms with Crippen LogP contribution in [0.5, 0.6) is 5.75 Å². The minimum atomic E-state index is -0.0150. The summed E-state index contributed by atoms with van der Waals surface area (Å²) in [7, 11) is 1.68. The van der Waals surface area contributed by atoms with Gasteiger partial charge < -0.3 is 19.1 Å². The van der Waals surface area contributed by atoms with Gasteiger partial charge in [-0.25, -0.2) is 9.97 Å². The monoisotopic (exact) mass is 382 g/mol. The average Bonchev–Trinajstić information content (AvgIpc) is 3.11. The standard InChI is InChI=1S/C21H26N4O3/c1-14-11-25(6-7-27-14)20-9-19(23-13-24-20)21-18-8-17(28-15(2)12-26-3)5-4-16(18)10-22-21/h4-5,8-9,13-15H,6-7,10-12H2,1-3H3/t14-,15-/m1/s1. The van der Waals surface area contributed by atoms with E-state index >= 15 is 0 Å². The SMILES string of the molecule is COC[C@@H](C)Oc1ccc2c(c1)C(c1cc(N3CCO[C@H](C)C3)ncn1)=NC2. The van der Waals surface area contributed by atoms with Crippen molar-refractivity contribution in [2.45, 2.75) is 32.6 Å². The van der Waals surface area contributed by atoms with Crippen LogP contribution in [0.15, 0.2) is 35.6 Å². The molecule has 0 N–H and O–H groups in total. The lowest BCUT2D eigenvalue weighted by molar-refractivity contribution is 0.0529. The molecule has 0 unspecified atom stereocenters. The van der Waals surface area contributed by atoms with Gasteiger partial charge in [0.05, 0.1) is 37.3 Å². The normalized spacial score (nSPS) is 19.9. The number of rotatable bonds is 6. The Morgan fingerprint density at radius 2 is 2.18 bits per heavy atom. The Kier molecular flexibility index (Phi) is 5.54. The molecule has 2 aliphatic rings. The van der Waals surface area contributed by atoms with Gasteiger partial charge in [-0.05, 0) is 31.5 Å². The van der Waals surface area contributed by atoms with Crippen LogP contribution < -0.4 is 9.64 Å². The van der Waals surface area contributed by atoms with Crippen molar-refractivity contribution in [3.8, 4) is 5.75 Å². The Bertz CT molecular complexity index is 870. The largest absolute Gasteiger partial charge is 0.488 e. The third kappa shape index (κ3) is 4.00. The number of benzene rings is 1. The minimum Gasteiger partial charge on any atom is -0.488 e. The van der Waals surface area contributed by atoms with Gasteiger partial charge in [0.1, 0.15) is 24.0 Å². The van der Waals surface area contributed by atoms with Gasteiger partial charge in [-0.3, -0.25) is 4.99 Å². The second-order valence-corrected chi connectivity index (χ2v) is 7.26. The lowest BCUT2D eigenvalue weighted by atomic mass is 10.0. The van der Waals surface area contributed by atoms with E-state index < -0.39 is 0 Å². The zero-order chi connectivity index (χ0) is 19.5. The summed E-state index contributed by atoms with van der Waals surface area (Å²) in [6.07, 6.45) is 1.80. The summed E-state index contributed by atoms with van der Waals surface area (Å²) in [5.74, 6) is 1.73. The first-order chi connectivity index (χ1) is 13.6. The first-order valence-corrected chi connectivity index (χ1v) is 9.66. The highest BCUT2D eigenvalue weighted by Crippen LogP contribution is 2.28. The van der Waals surface area contributed by atoms with Crippen LogP contribution >= 0.6 is 0 Å². The van der Waals surface area contributed by atoms with Crippen LogP contribution in [-0.4, -0.2) is 61.3 Å². The van der Waals surface area contributed by atoms with Crippen LogP contribution in [0.1, 0.15) is 30.7 Å². The van der Waals surface area contributed by atoms with E-state index in [-0.39, 0.29) is 12.2 Å². The van der Waals surface area contributed by atoms with Crippen molar-refractivity contribution in [2.75, 3.05) is 38.3 Å². The van der Waals surface area contributed by atoms with Crippen LogP contribution in [0.25, 0.3) is 0 Å². The number of nitrogens with zero attached hydrogens (tertiary/aromatic N) is 4. The zero-order valence-corrected chi connectivity index (χ0v) is 16.6. The molecule has 3 heterocycles. The molecule has 0 bridgehead atoms. The van der Waals surface area contributed by atoms with Gasteiger partial charge in [0, 0.05) is 31.8 Å². The van der Waals surface area contributed by atoms with Crippen molar-refractivity contribution in [2.24, 2.45) is 4.99 Å². The number of anilines is 1. The van der Waals surface area contributed by atoms with Crippen LogP contribution in [0.2, 0.25) is 0 Å². The maximum atomic E-state index is 5.96. The van der Waals surface area contributed by atoms with Crippen molar-refractivity contribution >= 4 is 11.5 Å². The molecule has 7 heteroatoms. The molecule has 2 aliphatic heterocycles. The number of morpholine rings is 1. The van der Waals surface area contributed by atoms with E-state index in [4.69, 9.17) is 19.2 Å². The summed E-state index contributed by atoms with van der Waals surface area (Å²) in [4.78, 5) is 15.9. The maximum Gasteiger partial charge on any atom is 0.132 e. The Labute approximate surface area is 165 Å². The molecule has 0 saturated carbocycles. The molecule has 28 heavy (non-hydrogen) atoms. The number of hydrogen-bond donors (Lipinski definition) is 0. The third-order valence-electron chi connectivity index (χ3n) is 4.94. The fraction of sp³-hybridized carbons (Fsp3) is 0.476. The van der Waals surface area contributed by atoms with E-state index in [0.717, 1.165) is 41.6 Å². The van der Waals surface area contributed by atoms with Crippen LogP contribution in [0, 0.1) is 0 Å². The van der Waals surface area contributed by atoms with Crippen molar-refractivity contribution < 1.29 is 14.2 Å². The molecule has 0 aliphatic carbocycles. The molecular formula is C21H26N4O3. The fourth-order valence-corrected chi connectivity index (χ4v) is 3.63. The predicted octanol–water partition coefficient (Wildman–Crippen LogP) is 2.47. The average molecular weight is 382 g/mol. The van der Waals surface area contributed by atoms with Gasteiger partial charge in [-0.15, -0.1) is 0 Å². The molecule has 2 atom stereocenters. The number of fused-ring (bicyclic) bond motifs is 1. The van der Waals surface area contributed by atoms with E-state index in [0.29, 0.717) is 19.8 Å². The van der Waals surface area contributed by atoms with Crippen molar-refractivity contribution in [1.82, 2.24) is 9.97 Å². The minimum absolute atomic E-state index is 0.0150. The molecule has 4 rings (SSSR count). The van der Waals surface area contributed by atoms with E-state index in [1.807, 2.05) is 25.1 Å². The molecule has 2 aromatic rings. The Morgan fingerprint density at radius 3 is 3.00 bits per heavy atom. The third-order valence-corrected chi connectivity index (χ3v) is 4.94. The summed E-state index contributed by atoms with van der Waals surface area (Å²) in [6, 6.07) is 8.13. The highest BCUT2D eigenvalue weighted by atomic mass is 16.5. The molecule has 7 nitrogen and oxygen atoms in total. The van der Waals surface area contributed by atoms with Crippen LogP contribution in [0.3, 0.4) is 0 Å². The summed E-state index contributed by atoms with van der Waals surface area (Å²) in [6.45, 7) is 7.65. The van der Waals surface area contributed by atoms with Gasteiger partial charge in [0.25, 0.3) is 0 Å². The molecule has 1 aromatic carbocycles. The molecule has 0 spiro atoms. The van der Waals surface area contributed by atoms with E-state index in [1.165, 1.54) is 5.56 Å². The maximum absolute atomic E-state index is 5.96. The van der Waals surface area contributed by atoms with Gasteiger partial charge in [-0.1, -0.05) is 6.07 Å². The van der Waals surface area contributed by atoms with Gasteiger partial charge in [0.2, 0.25) is 0 Å². The molecule has 0 amide bonds.